The number of fused-ring (bicyclic) bond motifs is 1. The number of nitrogens with zero attached hydrogens (tertiary/aromatic N) is 4. The van der Waals surface area contributed by atoms with E-state index in [1.54, 1.807) is 31.5 Å². The van der Waals surface area contributed by atoms with Crippen LogP contribution < -0.4 is 19.1 Å². The molecule has 0 saturated heterocycles. The van der Waals surface area contributed by atoms with Crippen LogP contribution in [-0.4, -0.2) is 41.7 Å². The van der Waals surface area contributed by atoms with Gasteiger partial charge in [0.25, 0.3) is 11.8 Å². The highest BCUT2D eigenvalue weighted by Crippen LogP contribution is 2.34. The maximum absolute atomic E-state index is 13.2. The van der Waals surface area contributed by atoms with Crippen molar-refractivity contribution in [2.75, 3.05) is 25.7 Å². The predicted molar refractivity (Wildman–Crippen MR) is 132 cm³/mol. The first-order valence-electron chi connectivity index (χ1n) is 12.1. The number of hydrogen-bond acceptors (Lipinski definition) is 7. The second-order valence-corrected chi connectivity index (χ2v) is 9.12. The van der Waals surface area contributed by atoms with Gasteiger partial charge in [0.2, 0.25) is 5.88 Å². The number of carbonyl (C=O) groups is 1. The topological polar surface area (TPSA) is 86.7 Å². The molecule has 1 saturated carbocycles. The Kier molecular flexibility index (Phi) is 6.53. The van der Waals surface area contributed by atoms with E-state index >= 15 is 0 Å². The Bertz CT molecular complexity index is 1220. The van der Waals surface area contributed by atoms with E-state index in [9.17, 15) is 4.79 Å². The van der Waals surface area contributed by atoms with Crippen LogP contribution in [0.4, 0.5) is 5.69 Å². The second-order valence-electron chi connectivity index (χ2n) is 9.12. The van der Waals surface area contributed by atoms with Gasteiger partial charge in [-0.05, 0) is 49.4 Å². The van der Waals surface area contributed by atoms with E-state index in [-0.39, 0.29) is 5.91 Å². The molecule has 8 heteroatoms. The smallest absolute Gasteiger partial charge is 0.260 e. The number of amides is 1. The van der Waals surface area contributed by atoms with Crippen LogP contribution in [0, 0.1) is 12.8 Å². The molecule has 0 unspecified atom stereocenters. The van der Waals surface area contributed by atoms with Crippen molar-refractivity contribution in [3.63, 3.8) is 0 Å². The monoisotopic (exact) mass is 474 g/mol. The van der Waals surface area contributed by atoms with E-state index < -0.39 is 0 Å². The molecule has 3 aromatic rings. The summed E-state index contributed by atoms with van der Waals surface area (Å²) in [5.41, 5.74) is 4.48. The molecule has 1 aliphatic heterocycles. The number of ether oxygens (including phenoxy) is 3. The minimum absolute atomic E-state index is 0.0713. The van der Waals surface area contributed by atoms with Crippen molar-refractivity contribution in [3.05, 3.63) is 53.5 Å². The molecule has 0 N–H and O–H groups in total. The maximum atomic E-state index is 13.2. The van der Waals surface area contributed by atoms with E-state index in [1.807, 2.05) is 31.2 Å². The molecule has 0 atom stereocenters. The van der Waals surface area contributed by atoms with Gasteiger partial charge in [-0.2, -0.15) is 0 Å². The zero-order valence-corrected chi connectivity index (χ0v) is 20.4. The van der Waals surface area contributed by atoms with Crippen LogP contribution in [0.3, 0.4) is 0 Å². The standard InChI is InChI=1S/C27H30N4O4/c1-17-12-21(19-13-23(33-2)26(34-3)29-14-19)30-22-16-31(27(32)25(17)22)20-9-10-24(28-15-20)35-11-5-8-18-6-4-7-18/h9-10,12-15,18H,4-8,11,16H2,1-3H3. The summed E-state index contributed by atoms with van der Waals surface area (Å²) in [7, 11) is 3.12. The first-order valence-corrected chi connectivity index (χ1v) is 12.1. The second kappa shape index (κ2) is 9.90. The molecular formula is C27H30N4O4. The van der Waals surface area contributed by atoms with Gasteiger partial charge in [0, 0.05) is 17.8 Å². The average Bonchev–Trinajstić information content (AvgIpc) is 3.19. The molecule has 8 nitrogen and oxygen atoms in total. The zero-order chi connectivity index (χ0) is 24.4. The Morgan fingerprint density at radius 1 is 1.09 bits per heavy atom. The number of methoxy groups -OCH3 is 2. The van der Waals surface area contributed by atoms with Gasteiger partial charge in [0.15, 0.2) is 5.75 Å². The molecule has 1 amide bonds. The van der Waals surface area contributed by atoms with Crippen LogP contribution >= 0.6 is 0 Å². The number of rotatable bonds is 9. The first kappa shape index (κ1) is 23.1. The Labute approximate surface area is 205 Å². The lowest BCUT2D eigenvalue weighted by atomic mass is 9.82. The Balaban J connectivity index is 1.29. The van der Waals surface area contributed by atoms with Crippen molar-refractivity contribution in [2.45, 2.75) is 45.6 Å². The van der Waals surface area contributed by atoms with E-state index in [1.165, 1.54) is 25.7 Å². The van der Waals surface area contributed by atoms with E-state index in [4.69, 9.17) is 19.2 Å². The van der Waals surface area contributed by atoms with E-state index in [0.29, 0.717) is 36.2 Å². The molecule has 35 heavy (non-hydrogen) atoms. The number of anilines is 1. The molecule has 0 spiro atoms. The van der Waals surface area contributed by atoms with Crippen LogP contribution in [-0.2, 0) is 6.54 Å². The highest BCUT2D eigenvalue weighted by Gasteiger charge is 2.32. The lowest BCUT2D eigenvalue weighted by Gasteiger charge is -2.24. The van der Waals surface area contributed by atoms with Gasteiger partial charge in [-0.1, -0.05) is 19.3 Å². The molecular weight excluding hydrogens is 444 g/mol. The summed E-state index contributed by atoms with van der Waals surface area (Å²) in [4.78, 5) is 28.4. The molecule has 4 heterocycles. The lowest BCUT2D eigenvalue weighted by molar-refractivity contribution is 0.0996. The molecule has 2 aliphatic rings. The van der Waals surface area contributed by atoms with Crippen molar-refractivity contribution >= 4 is 11.6 Å². The van der Waals surface area contributed by atoms with Crippen molar-refractivity contribution < 1.29 is 19.0 Å². The fraction of sp³-hybridized carbons (Fsp3) is 0.407. The van der Waals surface area contributed by atoms with Gasteiger partial charge < -0.3 is 19.1 Å². The third-order valence-electron chi connectivity index (χ3n) is 6.85. The summed E-state index contributed by atoms with van der Waals surface area (Å²) < 4.78 is 16.4. The van der Waals surface area contributed by atoms with Crippen LogP contribution in [0.2, 0.25) is 0 Å². The summed E-state index contributed by atoms with van der Waals surface area (Å²) in [5.74, 6) is 2.34. The highest BCUT2D eigenvalue weighted by molar-refractivity contribution is 6.10. The minimum Gasteiger partial charge on any atom is -0.491 e. The summed E-state index contributed by atoms with van der Waals surface area (Å²) in [6, 6.07) is 7.45. The Morgan fingerprint density at radius 2 is 1.94 bits per heavy atom. The van der Waals surface area contributed by atoms with E-state index in [0.717, 1.165) is 40.5 Å². The third-order valence-corrected chi connectivity index (χ3v) is 6.85. The molecule has 3 aromatic heterocycles. The fourth-order valence-electron chi connectivity index (χ4n) is 4.68. The summed E-state index contributed by atoms with van der Waals surface area (Å²) >= 11 is 0. The van der Waals surface area contributed by atoms with E-state index in [2.05, 4.69) is 9.97 Å². The van der Waals surface area contributed by atoms with Crippen molar-refractivity contribution in [1.29, 1.82) is 0 Å². The van der Waals surface area contributed by atoms with Gasteiger partial charge in [-0.25, -0.2) is 9.97 Å². The van der Waals surface area contributed by atoms with Gasteiger partial charge in [-0.3, -0.25) is 9.78 Å². The predicted octanol–water partition coefficient (Wildman–Crippen LogP) is 4.98. The Hall–Kier alpha value is -3.68. The van der Waals surface area contributed by atoms with Gasteiger partial charge in [-0.15, -0.1) is 0 Å². The molecule has 1 aliphatic carbocycles. The summed E-state index contributed by atoms with van der Waals surface area (Å²) in [5, 5.41) is 0. The van der Waals surface area contributed by atoms with Crippen molar-refractivity contribution in [1.82, 2.24) is 15.0 Å². The zero-order valence-electron chi connectivity index (χ0n) is 20.4. The van der Waals surface area contributed by atoms with Crippen LogP contribution in [0.5, 0.6) is 17.5 Å². The largest absolute Gasteiger partial charge is 0.491 e. The summed E-state index contributed by atoms with van der Waals surface area (Å²) in [6.45, 7) is 2.99. The normalized spacial score (nSPS) is 15.1. The van der Waals surface area contributed by atoms with Crippen molar-refractivity contribution in [2.24, 2.45) is 5.92 Å². The number of hydrogen-bond donors (Lipinski definition) is 0. The minimum atomic E-state index is -0.0713. The maximum Gasteiger partial charge on any atom is 0.260 e. The van der Waals surface area contributed by atoms with Crippen molar-refractivity contribution in [3.8, 4) is 28.8 Å². The molecule has 1 fully saturated rings. The van der Waals surface area contributed by atoms with Gasteiger partial charge in [0.05, 0.1) is 56.2 Å². The van der Waals surface area contributed by atoms with Crippen LogP contribution in [0.1, 0.15) is 53.7 Å². The lowest BCUT2D eigenvalue weighted by Crippen LogP contribution is -2.23. The molecule has 0 aromatic carbocycles. The average molecular weight is 475 g/mol. The van der Waals surface area contributed by atoms with Crippen LogP contribution in [0.25, 0.3) is 11.3 Å². The molecule has 5 rings (SSSR count). The molecule has 0 radical (unpaired) electrons. The Morgan fingerprint density at radius 3 is 2.63 bits per heavy atom. The number of aryl methyl sites for hydroxylation is 1. The summed E-state index contributed by atoms with van der Waals surface area (Å²) in [6.07, 6.45) is 9.76. The molecule has 182 valence electrons. The SMILES string of the molecule is COc1cc(-c2cc(C)c3c(n2)CN(c2ccc(OCCCC4CCC4)nc2)C3=O)cnc1OC. The number of aromatic nitrogens is 3. The van der Waals surface area contributed by atoms with Crippen LogP contribution in [0.15, 0.2) is 36.7 Å². The number of carbonyl (C=O) groups excluding carboxylic acids is 1. The molecule has 0 bridgehead atoms. The number of pyridine rings is 3. The quantitative estimate of drug-likeness (QED) is 0.404. The van der Waals surface area contributed by atoms with Gasteiger partial charge in [0.1, 0.15) is 0 Å². The third kappa shape index (κ3) is 4.65. The highest BCUT2D eigenvalue weighted by atomic mass is 16.5. The fourth-order valence-corrected chi connectivity index (χ4v) is 4.68. The van der Waals surface area contributed by atoms with Gasteiger partial charge >= 0.3 is 0 Å². The first-order chi connectivity index (χ1) is 17.1.